The van der Waals surface area contributed by atoms with Crippen LogP contribution in [0.5, 0.6) is 0 Å². The number of rotatable bonds is 10. The highest BCUT2D eigenvalue weighted by molar-refractivity contribution is 7.92. The Labute approximate surface area is 220 Å². The van der Waals surface area contributed by atoms with E-state index in [1.54, 1.807) is 55.5 Å². The molecule has 0 aliphatic heterocycles. The van der Waals surface area contributed by atoms with Crippen molar-refractivity contribution in [1.29, 1.82) is 0 Å². The Morgan fingerprint density at radius 2 is 1.43 bits per heavy atom. The maximum atomic E-state index is 13.8. The van der Waals surface area contributed by atoms with Gasteiger partial charge in [-0.15, -0.1) is 0 Å². The number of nitrogens with one attached hydrogen (secondary N) is 1. The van der Waals surface area contributed by atoms with Crippen molar-refractivity contribution in [2.75, 3.05) is 17.4 Å². The molecule has 0 unspecified atom stereocenters. The lowest BCUT2D eigenvalue weighted by Gasteiger charge is -2.32. The van der Waals surface area contributed by atoms with Gasteiger partial charge in [-0.25, -0.2) is 8.42 Å². The summed E-state index contributed by atoms with van der Waals surface area (Å²) in [5.74, 6) is -0.772. The molecule has 3 rings (SSSR count). The fraction of sp³-hybridized carbons (Fsp3) is 0.310. The molecule has 0 aliphatic rings. The highest BCUT2D eigenvalue weighted by atomic mass is 32.2. The van der Waals surface area contributed by atoms with E-state index < -0.39 is 28.5 Å². The molecule has 0 aromatic heterocycles. The summed E-state index contributed by atoms with van der Waals surface area (Å²) in [5.41, 5.74) is 4.13. The zero-order valence-electron chi connectivity index (χ0n) is 22.1. The van der Waals surface area contributed by atoms with Crippen LogP contribution in [0.2, 0.25) is 0 Å². The number of aryl methyl sites for hydroxylation is 3. The number of carbonyl (C=O) groups excluding carboxylic acids is 2. The third kappa shape index (κ3) is 6.77. The van der Waals surface area contributed by atoms with Crippen LogP contribution in [0.4, 0.5) is 5.69 Å². The van der Waals surface area contributed by atoms with E-state index in [2.05, 4.69) is 5.32 Å². The van der Waals surface area contributed by atoms with E-state index in [1.807, 2.05) is 52.0 Å². The average Bonchev–Trinajstić information content (AvgIpc) is 2.87. The lowest BCUT2D eigenvalue weighted by atomic mass is 10.1. The quantitative estimate of drug-likeness (QED) is 0.430. The van der Waals surface area contributed by atoms with Crippen LogP contribution in [0.3, 0.4) is 0 Å². The minimum atomic E-state index is -4.06. The first-order valence-electron chi connectivity index (χ1n) is 12.3. The second-order valence-corrected chi connectivity index (χ2v) is 11.0. The van der Waals surface area contributed by atoms with Crippen LogP contribution < -0.4 is 9.62 Å². The van der Waals surface area contributed by atoms with E-state index in [9.17, 15) is 18.0 Å². The average molecular weight is 522 g/mol. The molecular formula is C29H35N3O4S. The molecule has 3 aromatic carbocycles. The molecule has 1 N–H and O–H groups in total. The number of carbonyl (C=O) groups is 2. The van der Waals surface area contributed by atoms with Crippen LogP contribution in [0.1, 0.15) is 36.1 Å². The molecule has 0 bridgehead atoms. The topological polar surface area (TPSA) is 86.8 Å². The molecule has 0 saturated carbocycles. The Balaban J connectivity index is 2.03. The van der Waals surface area contributed by atoms with Gasteiger partial charge in [0, 0.05) is 13.1 Å². The van der Waals surface area contributed by atoms with Crippen LogP contribution in [-0.2, 0) is 26.2 Å². The van der Waals surface area contributed by atoms with Crippen LogP contribution >= 0.6 is 0 Å². The summed E-state index contributed by atoms with van der Waals surface area (Å²) in [4.78, 5) is 28.1. The van der Waals surface area contributed by atoms with Crippen molar-refractivity contribution in [3.05, 3.63) is 95.1 Å². The van der Waals surface area contributed by atoms with E-state index in [0.29, 0.717) is 12.2 Å². The molecule has 8 heteroatoms. The van der Waals surface area contributed by atoms with Crippen LogP contribution in [0.25, 0.3) is 0 Å². The van der Waals surface area contributed by atoms with E-state index in [1.165, 1.54) is 4.90 Å². The zero-order chi connectivity index (χ0) is 27.2. The van der Waals surface area contributed by atoms with Gasteiger partial charge in [0.05, 0.1) is 10.6 Å². The van der Waals surface area contributed by atoms with Gasteiger partial charge in [0.2, 0.25) is 11.8 Å². The molecule has 7 nitrogen and oxygen atoms in total. The number of hydrogen-bond donors (Lipinski definition) is 1. The minimum Gasteiger partial charge on any atom is -0.355 e. The molecule has 0 aliphatic carbocycles. The summed E-state index contributed by atoms with van der Waals surface area (Å²) in [6, 6.07) is 20.4. The van der Waals surface area contributed by atoms with Gasteiger partial charge in [-0.3, -0.25) is 13.9 Å². The maximum Gasteiger partial charge on any atom is 0.264 e. The first-order chi connectivity index (χ1) is 17.5. The summed E-state index contributed by atoms with van der Waals surface area (Å²) in [6.45, 7) is 9.35. The molecule has 0 fully saturated rings. The van der Waals surface area contributed by atoms with Crippen molar-refractivity contribution in [1.82, 2.24) is 10.2 Å². The normalized spacial score (nSPS) is 12.0. The molecular weight excluding hydrogens is 486 g/mol. The standard InChI is InChI=1S/C29H35N3O4S/c1-6-30-29(34)24(5)31(19-25-10-8-7-9-23(25)4)28(33)20-32(26-15-11-21(2)12-16-26)37(35,36)27-17-13-22(3)14-18-27/h7-18,24H,6,19-20H2,1-5H3,(H,30,34)/t24-/m1/s1. The van der Waals surface area contributed by atoms with Gasteiger partial charge in [0.1, 0.15) is 12.6 Å². The summed E-state index contributed by atoms with van der Waals surface area (Å²) in [7, 11) is -4.06. The lowest BCUT2D eigenvalue weighted by Crippen LogP contribution is -2.51. The van der Waals surface area contributed by atoms with Gasteiger partial charge >= 0.3 is 0 Å². The van der Waals surface area contributed by atoms with Gasteiger partial charge < -0.3 is 10.2 Å². The van der Waals surface area contributed by atoms with Crippen molar-refractivity contribution >= 4 is 27.5 Å². The molecule has 0 heterocycles. The van der Waals surface area contributed by atoms with Crippen LogP contribution in [0, 0.1) is 20.8 Å². The fourth-order valence-electron chi connectivity index (χ4n) is 3.95. The minimum absolute atomic E-state index is 0.0914. The highest BCUT2D eigenvalue weighted by Crippen LogP contribution is 2.25. The SMILES string of the molecule is CCNC(=O)[C@@H](C)N(Cc1ccccc1C)C(=O)CN(c1ccc(C)cc1)S(=O)(=O)c1ccc(C)cc1. The Morgan fingerprint density at radius 3 is 2.00 bits per heavy atom. The summed E-state index contributed by atoms with van der Waals surface area (Å²) >= 11 is 0. The fourth-order valence-corrected chi connectivity index (χ4v) is 5.37. The predicted molar refractivity (Wildman–Crippen MR) is 147 cm³/mol. The third-order valence-electron chi connectivity index (χ3n) is 6.33. The largest absolute Gasteiger partial charge is 0.355 e. The molecule has 37 heavy (non-hydrogen) atoms. The number of anilines is 1. The molecule has 1 atom stereocenters. The van der Waals surface area contributed by atoms with Crippen molar-refractivity contribution in [3.63, 3.8) is 0 Å². The van der Waals surface area contributed by atoms with Crippen LogP contribution in [0.15, 0.2) is 77.7 Å². The number of benzene rings is 3. The molecule has 0 spiro atoms. The first kappa shape index (κ1) is 27.9. The van der Waals surface area contributed by atoms with Crippen molar-refractivity contribution in [2.45, 2.75) is 52.1 Å². The number of nitrogens with zero attached hydrogens (tertiary/aromatic N) is 2. The van der Waals surface area contributed by atoms with E-state index in [-0.39, 0.29) is 17.3 Å². The van der Waals surface area contributed by atoms with Crippen molar-refractivity contribution < 1.29 is 18.0 Å². The summed E-state index contributed by atoms with van der Waals surface area (Å²) in [6.07, 6.45) is 0. The maximum absolute atomic E-state index is 13.8. The van der Waals surface area contributed by atoms with E-state index in [0.717, 1.165) is 26.6 Å². The molecule has 0 radical (unpaired) electrons. The van der Waals surface area contributed by atoms with E-state index in [4.69, 9.17) is 0 Å². The molecule has 196 valence electrons. The van der Waals surface area contributed by atoms with E-state index >= 15 is 0 Å². The second-order valence-electron chi connectivity index (χ2n) is 9.18. The Morgan fingerprint density at radius 1 is 0.865 bits per heavy atom. The monoisotopic (exact) mass is 521 g/mol. The zero-order valence-corrected chi connectivity index (χ0v) is 22.9. The number of amides is 2. The second kappa shape index (κ2) is 12.1. The number of likely N-dealkylation sites (N-methyl/N-ethyl adjacent to an activating group) is 1. The van der Waals surface area contributed by atoms with Gasteiger partial charge in [-0.1, -0.05) is 59.7 Å². The summed E-state index contributed by atoms with van der Waals surface area (Å²) < 4.78 is 28.7. The van der Waals surface area contributed by atoms with Crippen molar-refractivity contribution in [3.8, 4) is 0 Å². The van der Waals surface area contributed by atoms with Crippen molar-refractivity contribution in [2.24, 2.45) is 0 Å². The van der Waals surface area contributed by atoms with Gasteiger partial charge in [0.25, 0.3) is 10.0 Å². The van der Waals surface area contributed by atoms with Crippen LogP contribution in [-0.4, -0.2) is 44.3 Å². The molecule has 2 amide bonds. The smallest absolute Gasteiger partial charge is 0.264 e. The Bertz CT molecular complexity index is 1340. The molecule has 3 aromatic rings. The number of hydrogen-bond acceptors (Lipinski definition) is 4. The Kier molecular flexibility index (Phi) is 9.10. The van der Waals surface area contributed by atoms with Gasteiger partial charge in [0.15, 0.2) is 0 Å². The first-order valence-corrected chi connectivity index (χ1v) is 13.8. The highest BCUT2D eigenvalue weighted by Gasteiger charge is 2.32. The molecule has 0 saturated heterocycles. The lowest BCUT2D eigenvalue weighted by molar-refractivity contribution is -0.139. The van der Waals surface area contributed by atoms with Gasteiger partial charge in [-0.2, -0.15) is 0 Å². The van der Waals surface area contributed by atoms with Gasteiger partial charge in [-0.05, 0) is 70.0 Å². The Hall–Kier alpha value is -3.65. The number of sulfonamides is 1. The predicted octanol–water partition coefficient (Wildman–Crippen LogP) is 4.36. The summed E-state index contributed by atoms with van der Waals surface area (Å²) in [5, 5.41) is 2.77. The third-order valence-corrected chi connectivity index (χ3v) is 8.12.